The van der Waals surface area contributed by atoms with Crippen LogP contribution in [-0.4, -0.2) is 209 Å². The molecule has 2 fully saturated rings. The zero-order valence-corrected chi connectivity index (χ0v) is 65.6. The molecule has 33 nitrogen and oxygen atoms in total. The molecule has 5 aromatic carbocycles. The molecule has 0 spiro atoms. The minimum Gasteiger partial charge on any atom is -0.508 e. The van der Waals surface area contributed by atoms with E-state index in [1.807, 2.05) is 13.8 Å². The monoisotopic (exact) mass is 1650 g/mol. The van der Waals surface area contributed by atoms with Crippen molar-refractivity contribution >= 4 is 92.1 Å². The molecule has 7 aliphatic heterocycles. The number of carboxylic acids is 1. The third kappa shape index (κ3) is 20.6. The van der Waals surface area contributed by atoms with Crippen LogP contribution in [0.5, 0.6) is 46.0 Å². The number of primary amides is 1. The van der Waals surface area contributed by atoms with Crippen LogP contribution < -0.4 is 62.5 Å². The fourth-order valence-corrected chi connectivity index (χ4v) is 16.6. The van der Waals surface area contributed by atoms with Gasteiger partial charge in [0.2, 0.25) is 53.4 Å². The zero-order valence-electron chi connectivity index (χ0n) is 62.4. The number of fused-ring (bicyclic) bond motifs is 15. The van der Waals surface area contributed by atoms with Gasteiger partial charge in [-0.2, -0.15) is 0 Å². The highest BCUT2D eigenvalue weighted by molar-refractivity contribution is 8.76. The lowest BCUT2D eigenvalue weighted by Gasteiger charge is -2.48. The lowest BCUT2D eigenvalue weighted by Crippen LogP contribution is -2.65. The fourth-order valence-electron chi connectivity index (χ4n) is 14.1. The van der Waals surface area contributed by atoms with Gasteiger partial charge in [-0.05, 0) is 117 Å². The van der Waals surface area contributed by atoms with Gasteiger partial charge in [0.15, 0.2) is 29.9 Å². The third-order valence-corrected chi connectivity index (χ3v) is 23.2. The number of phenolic OH excluding ortho intramolecular Hbond substituents is 3. The van der Waals surface area contributed by atoms with Crippen LogP contribution in [0.15, 0.2) is 78.9 Å². The highest BCUT2D eigenvalue weighted by Gasteiger charge is 2.52. The number of aliphatic hydroxyl groups is 6. The van der Waals surface area contributed by atoms with Crippen LogP contribution in [0.3, 0.4) is 0 Å². The number of aliphatic hydroxyl groups excluding tert-OH is 6. The minimum absolute atomic E-state index is 0.0954. The van der Waals surface area contributed by atoms with Crippen LogP contribution in [-0.2, 0) is 52.6 Å². The molecule has 0 aromatic heterocycles. The second-order valence-corrected chi connectivity index (χ2v) is 32.5. The molecule has 11 bridgehead atoms. The van der Waals surface area contributed by atoms with E-state index in [-0.39, 0.29) is 52.0 Å². The molecule has 37 heteroatoms. The number of aliphatic carboxylic acids is 1. The van der Waals surface area contributed by atoms with E-state index in [2.05, 4.69) is 49.5 Å². The molecule has 1 unspecified atom stereocenters. The number of unbranched alkanes of at least 4 members (excludes halogenated alkanes) is 5. The highest BCUT2D eigenvalue weighted by atomic mass is 35.5. The van der Waals surface area contributed by atoms with Gasteiger partial charge in [-0.15, -0.1) is 0 Å². The van der Waals surface area contributed by atoms with Gasteiger partial charge in [0.1, 0.15) is 89.5 Å². The molecule has 614 valence electrons. The summed E-state index contributed by atoms with van der Waals surface area (Å²) in [6.45, 7) is 8.66. The summed E-state index contributed by atoms with van der Waals surface area (Å²) in [5.41, 5.74) is 1.88. The van der Waals surface area contributed by atoms with Gasteiger partial charge in [0.25, 0.3) is 0 Å². The van der Waals surface area contributed by atoms with Gasteiger partial charge in [0, 0.05) is 52.8 Å². The van der Waals surface area contributed by atoms with E-state index in [4.69, 9.17) is 57.4 Å². The Kier molecular flexibility index (Phi) is 29.5. The van der Waals surface area contributed by atoms with E-state index >= 15 is 14.4 Å². The van der Waals surface area contributed by atoms with E-state index in [0.717, 1.165) is 91.7 Å². The number of likely N-dealkylation sites (N-methyl/N-ethyl adjacent to an activating group) is 1. The number of benzene rings is 5. The second-order valence-electron chi connectivity index (χ2n) is 29.0. The molecule has 7 amide bonds. The van der Waals surface area contributed by atoms with Crippen LogP contribution >= 0.6 is 44.8 Å². The Hall–Kier alpha value is -8.50. The van der Waals surface area contributed by atoms with E-state index in [1.165, 1.54) is 38.4 Å². The lowest BCUT2D eigenvalue weighted by molar-refractivity contribution is -0.334. The number of carbonyl (C=O) groups is 8. The Morgan fingerprint density at radius 3 is 1.95 bits per heavy atom. The number of rotatable bonds is 25. The molecule has 7 heterocycles. The number of nitrogens with two attached hydrogens (primary N) is 1. The number of carboxylic acid groups (broad SMARTS) is 1. The van der Waals surface area contributed by atoms with Gasteiger partial charge in [0.05, 0.1) is 41.3 Å². The number of nitrogens with one attached hydrogen (secondary N) is 8. The highest BCUT2D eigenvalue weighted by Crippen LogP contribution is 2.50. The number of aromatic hydroxyl groups is 3. The van der Waals surface area contributed by atoms with E-state index in [1.54, 1.807) is 35.4 Å². The van der Waals surface area contributed by atoms with Gasteiger partial charge in [-0.3, -0.25) is 33.6 Å². The van der Waals surface area contributed by atoms with Crippen molar-refractivity contribution in [1.82, 2.24) is 42.5 Å². The van der Waals surface area contributed by atoms with Crippen molar-refractivity contribution in [1.29, 1.82) is 0 Å². The molecule has 18 atom stereocenters. The standard InChI is InChI=1S/C76H95Cl2N9O24S2/c1-7-8-9-10-11-12-20-112-113-21-19-81-76(5)31-54(106-34(4)67(76)97)110-66-64(96)63(95)52(32-88)109-75(66)111-65-50-26-38-27-51(65)108-49-18-15-37(25-43(49)78)62(94)60-73(103)85-58(74(104)105)41-28-39(89)29-47(91)55(41)40-23-35(13-16-46(40)90)56(70(100)87-60)84-71(101)57(38)83-69(99)45(30-53(79)92)82-72(102)59(86-68(98)44(80-6)22-33(2)3)61(93)36-14-17-48(107-50)42(77)24-36/h13-18,23-29,33-34,44-45,52,54,56-64,66-67,75,80-81,88-91,93-97H,7-12,19-22,30-32H2,1-6H3,(H2,79,92)(H,82,102)(H,83,99)(H,84,101)(H,85,103)(H,86,98)(H,87,100)(H,104,105)/t34-,44+,45-,52+,54-,56+,57+,58?,59+,60-,61+,62+,63+,64-,66+,67+,75-,76-/m0/s1. The Labute approximate surface area is 667 Å². The number of ether oxygens (including phenoxy) is 6. The average molecular weight is 1650 g/mol. The largest absolute Gasteiger partial charge is 0.508 e. The first-order valence-electron chi connectivity index (χ1n) is 36.9. The van der Waals surface area contributed by atoms with Crippen molar-refractivity contribution in [3.05, 3.63) is 117 Å². The van der Waals surface area contributed by atoms with Gasteiger partial charge < -0.3 is 128 Å². The number of amides is 7. The van der Waals surface area contributed by atoms with Crippen LogP contribution in [0.25, 0.3) is 11.1 Å². The minimum atomic E-state index is -2.35. The molecule has 0 aliphatic carbocycles. The number of hydrogen-bond acceptors (Lipinski definition) is 27. The maximum Gasteiger partial charge on any atom is 0.330 e. The van der Waals surface area contributed by atoms with Crippen LogP contribution in [0.1, 0.15) is 151 Å². The molecule has 5 aromatic rings. The average Bonchev–Trinajstić information content (AvgIpc) is 0.769. The Balaban J connectivity index is 1.17. The number of hydrogen-bond donors (Lipinski definition) is 19. The van der Waals surface area contributed by atoms with Gasteiger partial charge in [-0.25, -0.2) is 4.79 Å². The smallest absolute Gasteiger partial charge is 0.330 e. The molecular formula is C76H95Cl2N9O24S2. The molecule has 0 saturated carbocycles. The third-order valence-electron chi connectivity index (χ3n) is 20.1. The first-order valence-corrected chi connectivity index (χ1v) is 40.1. The molecule has 2 saturated heterocycles. The summed E-state index contributed by atoms with van der Waals surface area (Å²) in [4.78, 5) is 118. The summed E-state index contributed by atoms with van der Waals surface area (Å²) in [6.07, 6.45) is -11.2. The summed E-state index contributed by atoms with van der Waals surface area (Å²) in [7, 11) is 4.90. The molecule has 113 heavy (non-hydrogen) atoms. The Morgan fingerprint density at radius 2 is 1.32 bits per heavy atom. The van der Waals surface area contributed by atoms with Crippen LogP contribution in [0.4, 0.5) is 0 Å². The second kappa shape index (κ2) is 38.3. The maximum atomic E-state index is 16.2. The molecular weight excluding hydrogens is 1560 g/mol. The molecule has 7 aliphatic rings. The zero-order chi connectivity index (χ0) is 82.0. The summed E-state index contributed by atoms with van der Waals surface area (Å²) >= 11 is 14.3. The van der Waals surface area contributed by atoms with Crippen molar-refractivity contribution < 1.29 is 118 Å². The van der Waals surface area contributed by atoms with E-state index < -0.39 is 231 Å². The topological polar surface area (TPSA) is 517 Å². The predicted octanol–water partition coefficient (Wildman–Crippen LogP) is 4.48. The fraction of sp³-hybridized carbons (Fsp3) is 0.500. The van der Waals surface area contributed by atoms with Crippen molar-refractivity contribution in [2.24, 2.45) is 11.7 Å². The molecule has 0 radical (unpaired) electrons. The maximum absolute atomic E-state index is 16.2. The SMILES string of the molecule is CCCCCCCCSSCCN[C@@]1(C)C[C@H](O[C@H]2[C@H](Oc3c4cc5cc3Oc3ccc(cc3Cl)[C@@H](O)[C@@H](NC(=O)[C@@H](CC(C)C)NC)C(=O)N[C@@H](CC(N)=O)C(=O)N[C@H]5C(=O)N[C@H]3C(=O)N[C@H](C(=O)NC(C(=O)O)c5cc(O)cc(O)c5-c5cc3ccc5O)[C@H](O)c3ccc(c(Cl)c3)O4)O[C@H](CO)[C@@H](O)[C@@H]2O)O[C@@H](C)[C@H]1O. The number of phenols is 3. The van der Waals surface area contributed by atoms with Gasteiger partial charge in [-0.1, -0.05) is 116 Å². The van der Waals surface area contributed by atoms with Gasteiger partial charge >= 0.3 is 5.97 Å². The van der Waals surface area contributed by atoms with Crippen LogP contribution in [0.2, 0.25) is 10.0 Å². The van der Waals surface area contributed by atoms with Crippen molar-refractivity contribution in [3.8, 4) is 57.1 Å². The quantitative estimate of drug-likeness (QED) is 0.0283. The Bertz CT molecular complexity index is 4330. The summed E-state index contributed by atoms with van der Waals surface area (Å²) < 4.78 is 39.4. The number of halogens is 2. The normalized spacial score (nSPS) is 27.6. The van der Waals surface area contributed by atoms with E-state index in [0.29, 0.717) is 12.3 Å². The molecule has 20 N–H and O–H groups in total. The first kappa shape index (κ1) is 86.9. The van der Waals surface area contributed by atoms with E-state index in [9.17, 15) is 75.0 Å². The summed E-state index contributed by atoms with van der Waals surface area (Å²) in [6, 6.07) is -0.438. The predicted molar refractivity (Wildman–Crippen MR) is 411 cm³/mol. The lowest BCUT2D eigenvalue weighted by atomic mass is 9.85. The Morgan fingerprint density at radius 1 is 0.699 bits per heavy atom. The van der Waals surface area contributed by atoms with Crippen molar-refractivity contribution in [3.63, 3.8) is 0 Å². The van der Waals surface area contributed by atoms with Crippen molar-refractivity contribution in [2.45, 2.75) is 202 Å². The summed E-state index contributed by atoms with van der Waals surface area (Å²) in [5, 5.41) is 136. The molecule has 12 rings (SSSR count). The van der Waals surface area contributed by atoms with Crippen molar-refractivity contribution in [2.75, 3.05) is 31.7 Å². The summed E-state index contributed by atoms with van der Waals surface area (Å²) in [5.74, 6) is -14.2. The van der Waals surface area contributed by atoms with Crippen LogP contribution in [0, 0.1) is 5.92 Å². The first-order chi connectivity index (χ1) is 53.7. The number of carbonyl (C=O) groups excluding carboxylic acids is 7.